The van der Waals surface area contributed by atoms with Gasteiger partial charge in [-0.25, -0.2) is 0 Å². The maximum atomic E-state index is 11.8. The standard InChI is InChI=1S/C15H23BrN2O2/c1-5-18(10-15(19)17-11(2)3)9-12-8-13(16)6-7-14(12)20-4/h6-8,11H,5,9-10H2,1-4H3,(H,17,19). The van der Waals surface area contributed by atoms with Gasteiger partial charge in [0.2, 0.25) is 5.91 Å². The molecule has 0 unspecified atom stereocenters. The highest BCUT2D eigenvalue weighted by molar-refractivity contribution is 9.10. The Morgan fingerprint density at radius 1 is 1.45 bits per heavy atom. The van der Waals surface area contributed by atoms with Crippen molar-refractivity contribution in [1.82, 2.24) is 10.2 Å². The predicted octanol–water partition coefficient (Wildman–Crippen LogP) is 2.80. The third-order valence-electron chi connectivity index (χ3n) is 2.90. The highest BCUT2D eigenvalue weighted by atomic mass is 79.9. The third-order valence-corrected chi connectivity index (χ3v) is 3.39. The van der Waals surface area contributed by atoms with Gasteiger partial charge in [0.05, 0.1) is 13.7 Å². The second-order valence-electron chi connectivity index (χ2n) is 4.98. The quantitative estimate of drug-likeness (QED) is 0.828. The van der Waals surface area contributed by atoms with Crippen molar-refractivity contribution in [2.75, 3.05) is 20.2 Å². The molecule has 0 bridgehead atoms. The van der Waals surface area contributed by atoms with E-state index in [0.29, 0.717) is 13.1 Å². The highest BCUT2D eigenvalue weighted by Gasteiger charge is 2.13. The van der Waals surface area contributed by atoms with Crippen LogP contribution >= 0.6 is 15.9 Å². The number of hydrogen-bond acceptors (Lipinski definition) is 3. The van der Waals surface area contributed by atoms with E-state index in [1.807, 2.05) is 39.0 Å². The van der Waals surface area contributed by atoms with Gasteiger partial charge < -0.3 is 10.1 Å². The second kappa shape index (κ2) is 8.27. The molecule has 0 fully saturated rings. The number of ether oxygens (including phenoxy) is 1. The van der Waals surface area contributed by atoms with Crippen molar-refractivity contribution in [3.8, 4) is 5.75 Å². The summed E-state index contributed by atoms with van der Waals surface area (Å²) in [4.78, 5) is 13.9. The predicted molar refractivity (Wildman–Crippen MR) is 84.9 cm³/mol. The molecular weight excluding hydrogens is 320 g/mol. The Morgan fingerprint density at radius 3 is 2.70 bits per heavy atom. The number of rotatable bonds is 7. The van der Waals surface area contributed by atoms with Gasteiger partial charge in [-0.3, -0.25) is 9.69 Å². The number of carbonyl (C=O) groups is 1. The fourth-order valence-electron chi connectivity index (χ4n) is 1.96. The SMILES string of the molecule is CCN(CC(=O)NC(C)C)Cc1cc(Br)ccc1OC. The Hall–Kier alpha value is -1.07. The molecule has 0 saturated heterocycles. The van der Waals surface area contributed by atoms with E-state index in [0.717, 1.165) is 22.3 Å². The first-order valence-corrected chi connectivity index (χ1v) is 7.59. The van der Waals surface area contributed by atoms with Crippen molar-refractivity contribution in [2.24, 2.45) is 0 Å². The third kappa shape index (κ3) is 5.51. The number of likely N-dealkylation sites (N-methyl/N-ethyl adjacent to an activating group) is 1. The molecule has 0 atom stereocenters. The molecule has 1 aromatic rings. The van der Waals surface area contributed by atoms with Crippen LogP contribution in [0, 0.1) is 0 Å². The number of nitrogens with one attached hydrogen (secondary N) is 1. The number of halogens is 1. The van der Waals surface area contributed by atoms with Gasteiger partial charge in [-0.1, -0.05) is 22.9 Å². The number of carbonyl (C=O) groups excluding carboxylic acids is 1. The molecule has 0 aliphatic carbocycles. The molecule has 0 radical (unpaired) electrons. The van der Waals surface area contributed by atoms with Crippen molar-refractivity contribution >= 4 is 21.8 Å². The molecule has 0 saturated carbocycles. The molecule has 1 aromatic carbocycles. The number of methoxy groups -OCH3 is 1. The first-order chi connectivity index (χ1) is 9.46. The van der Waals surface area contributed by atoms with Crippen molar-refractivity contribution in [2.45, 2.75) is 33.4 Å². The lowest BCUT2D eigenvalue weighted by atomic mass is 10.2. The van der Waals surface area contributed by atoms with Crippen LogP contribution < -0.4 is 10.1 Å². The molecule has 1 amide bonds. The summed E-state index contributed by atoms with van der Waals surface area (Å²) >= 11 is 3.47. The summed E-state index contributed by atoms with van der Waals surface area (Å²) in [5.41, 5.74) is 1.07. The molecule has 0 aromatic heterocycles. The van der Waals surface area contributed by atoms with Crippen LogP contribution in [0.4, 0.5) is 0 Å². The number of amides is 1. The van der Waals surface area contributed by atoms with E-state index in [4.69, 9.17) is 4.74 Å². The minimum absolute atomic E-state index is 0.0517. The summed E-state index contributed by atoms with van der Waals surface area (Å²) in [6.07, 6.45) is 0. The molecule has 1 rings (SSSR count). The Balaban J connectivity index is 2.73. The normalized spacial score (nSPS) is 10.9. The first kappa shape index (κ1) is 17.0. The monoisotopic (exact) mass is 342 g/mol. The minimum atomic E-state index is 0.0517. The van der Waals surface area contributed by atoms with Gasteiger partial charge in [-0.2, -0.15) is 0 Å². The Kier molecular flexibility index (Phi) is 7.02. The zero-order valence-electron chi connectivity index (χ0n) is 12.6. The van der Waals surface area contributed by atoms with Gasteiger partial charge in [0, 0.05) is 22.6 Å². The summed E-state index contributed by atoms with van der Waals surface area (Å²) in [6.45, 7) is 7.86. The van der Waals surface area contributed by atoms with Gasteiger partial charge in [0.1, 0.15) is 5.75 Å². The molecule has 1 N–H and O–H groups in total. The van der Waals surface area contributed by atoms with Gasteiger partial charge in [0.25, 0.3) is 0 Å². The van der Waals surface area contributed by atoms with Crippen LogP contribution in [0.25, 0.3) is 0 Å². The van der Waals surface area contributed by atoms with Gasteiger partial charge in [0.15, 0.2) is 0 Å². The number of nitrogens with zero attached hydrogens (tertiary/aromatic N) is 1. The molecule has 112 valence electrons. The summed E-state index contributed by atoms with van der Waals surface area (Å²) in [7, 11) is 1.66. The van der Waals surface area contributed by atoms with E-state index in [-0.39, 0.29) is 11.9 Å². The van der Waals surface area contributed by atoms with E-state index in [1.165, 1.54) is 0 Å². The van der Waals surface area contributed by atoms with Crippen LogP contribution in [0.1, 0.15) is 26.3 Å². The van der Waals surface area contributed by atoms with Crippen molar-refractivity contribution in [3.63, 3.8) is 0 Å². The van der Waals surface area contributed by atoms with Crippen LogP contribution in [0.3, 0.4) is 0 Å². The van der Waals surface area contributed by atoms with Gasteiger partial charge in [-0.15, -0.1) is 0 Å². The largest absolute Gasteiger partial charge is 0.496 e. The molecule has 0 spiro atoms. The molecule has 4 nitrogen and oxygen atoms in total. The molecular formula is C15H23BrN2O2. The molecule has 5 heteroatoms. The van der Waals surface area contributed by atoms with Crippen LogP contribution in [0.2, 0.25) is 0 Å². The van der Waals surface area contributed by atoms with E-state index in [1.54, 1.807) is 7.11 Å². The Bertz CT molecular complexity index is 449. The van der Waals surface area contributed by atoms with Crippen LogP contribution in [-0.2, 0) is 11.3 Å². The summed E-state index contributed by atoms with van der Waals surface area (Å²) in [5.74, 6) is 0.895. The maximum absolute atomic E-state index is 11.8. The van der Waals surface area contributed by atoms with E-state index in [2.05, 4.69) is 26.1 Å². The van der Waals surface area contributed by atoms with Crippen LogP contribution in [0.15, 0.2) is 22.7 Å². The number of hydrogen-bond donors (Lipinski definition) is 1. The summed E-state index contributed by atoms with van der Waals surface area (Å²) < 4.78 is 6.38. The average Bonchev–Trinajstić information content (AvgIpc) is 2.37. The minimum Gasteiger partial charge on any atom is -0.496 e. The fraction of sp³-hybridized carbons (Fsp3) is 0.533. The van der Waals surface area contributed by atoms with E-state index in [9.17, 15) is 4.79 Å². The van der Waals surface area contributed by atoms with Crippen LogP contribution in [-0.4, -0.2) is 37.0 Å². The van der Waals surface area contributed by atoms with Gasteiger partial charge in [-0.05, 0) is 38.6 Å². The lowest BCUT2D eigenvalue weighted by molar-refractivity contribution is -0.122. The van der Waals surface area contributed by atoms with E-state index >= 15 is 0 Å². The average molecular weight is 343 g/mol. The Morgan fingerprint density at radius 2 is 2.15 bits per heavy atom. The van der Waals surface area contributed by atoms with Gasteiger partial charge >= 0.3 is 0 Å². The maximum Gasteiger partial charge on any atom is 0.234 e. The van der Waals surface area contributed by atoms with Crippen molar-refractivity contribution < 1.29 is 9.53 Å². The summed E-state index contributed by atoms with van der Waals surface area (Å²) in [5, 5.41) is 2.91. The van der Waals surface area contributed by atoms with Crippen molar-refractivity contribution in [3.05, 3.63) is 28.2 Å². The second-order valence-corrected chi connectivity index (χ2v) is 5.90. The molecule has 0 heterocycles. The highest BCUT2D eigenvalue weighted by Crippen LogP contribution is 2.24. The lowest BCUT2D eigenvalue weighted by Gasteiger charge is -2.22. The fourth-order valence-corrected chi connectivity index (χ4v) is 2.37. The zero-order valence-corrected chi connectivity index (χ0v) is 14.2. The molecule has 0 aliphatic rings. The lowest BCUT2D eigenvalue weighted by Crippen LogP contribution is -2.39. The van der Waals surface area contributed by atoms with Crippen molar-refractivity contribution in [1.29, 1.82) is 0 Å². The van der Waals surface area contributed by atoms with Crippen LogP contribution in [0.5, 0.6) is 5.75 Å². The summed E-state index contributed by atoms with van der Waals surface area (Å²) in [6, 6.07) is 6.08. The Labute approximate surface area is 129 Å². The first-order valence-electron chi connectivity index (χ1n) is 6.80. The smallest absolute Gasteiger partial charge is 0.234 e. The van der Waals surface area contributed by atoms with E-state index < -0.39 is 0 Å². The molecule has 0 aliphatic heterocycles. The molecule has 20 heavy (non-hydrogen) atoms. The number of benzene rings is 1. The zero-order chi connectivity index (χ0) is 15.1. The topological polar surface area (TPSA) is 41.6 Å².